The van der Waals surface area contributed by atoms with Crippen LogP contribution in [0.4, 0.5) is 13.2 Å². The van der Waals surface area contributed by atoms with E-state index in [1.807, 2.05) is 0 Å². The van der Waals surface area contributed by atoms with Gasteiger partial charge in [0, 0.05) is 28.7 Å². The van der Waals surface area contributed by atoms with Gasteiger partial charge in [0.15, 0.2) is 0 Å². The van der Waals surface area contributed by atoms with Crippen LogP contribution in [0.15, 0.2) is 36.5 Å². The number of H-pyrrole nitrogens is 1. The molecule has 1 aromatic heterocycles. The maximum Gasteiger partial charge on any atom is 0.417 e. The highest BCUT2D eigenvalue weighted by molar-refractivity contribution is 5.99. The summed E-state index contributed by atoms with van der Waals surface area (Å²) in [5.74, 6) is -1.01. The Hall–Kier alpha value is -2.24. The summed E-state index contributed by atoms with van der Waals surface area (Å²) in [6.45, 7) is 1.55. The fraction of sp³-hybridized carbons (Fsp3) is 0.214. The Balaban J connectivity index is 2.55. The Morgan fingerprint density at radius 1 is 1.35 bits per heavy atom. The predicted molar refractivity (Wildman–Crippen MR) is 69.0 cm³/mol. The molecular weight excluding hydrogens is 271 g/mol. The lowest BCUT2D eigenvalue weighted by molar-refractivity contribution is -0.137. The molecule has 106 valence electrons. The van der Waals surface area contributed by atoms with Crippen molar-refractivity contribution < 1.29 is 22.7 Å². The lowest BCUT2D eigenvalue weighted by Gasteiger charge is -2.11. The zero-order valence-electron chi connectivity index (χ0n) is 10.6. The molecule has 0 saturated heterocycles. The largest absolute Gasteiger partial charge is 0.463 e. The highest BCUT2D eigenvalue weighted by atomic mass is 19.4. The van der Waals surface area contributed by atoms with Gasteiger partial charge in [-0.15, -0.1) is 0 Å². The van der Waals surface area contributed by atoms with E-state index in [0.717, 1.165) is 0 Å². The van der Waals surface area contributed by atoms with Gasteiger partial charge in [0.25, 0.3) is 0 Å². The maximum atomic E-state index is 13.1. The number of carbonyl (C=O) groups excluding carboxylic acids is 1. The average Bonchev–Trinajstić information content (AvgIpc) is 2.78. The Labute approximate surface area is 113 Å². The van der Waals surface area contributed by atoms with Crippen molar-refractivity contribution in [2.75, 3.05) is 6.61 Å². The third-order valence-electron chi connectivity index (χ3n) is 2.73. The smallest absolute Gasteiger partial charge is 0.417 e. The van der Waals surface area contributed by atoms with Gasteiger partial charge in [0.2, 0.25) is 0 Å². The number of para-hydroxylation sites is 1. The molecule has 0 aliphatic rings. The molecule has 0 unspecified atom stereocenters. The predicted octanol–water partition coefficient (Wildman–Crippen LogP) is 3.68. The van der Waals surface area contributed by atoms with E-state index in [-0.39, 0.29) is 12.2 Å². The number of fused-ring (bicyclic) bond motifs is 1. The van der Waals surface area contributed by atoms with Crippen molar-refractivity contribution >= 4 is 22.4 Å². The van der Waals surface area contributed by atoms with E-state index in [1.54, 1.807) is 24.3 Å². The van der Waals surface area contributed by atoms with Crippen LogP contribution in [-0.4, -0.2) is 23.7 Å². The molecule has 0 fully saturated rings. The number of alkyl halides is 3. The van der Waals surface area contributed by atoms with Crippen LogP contribution < -0.4 is 0 Å². The molecule has 0 amide bonds. The monoisotopic (exact) mass is 283 g/mol. The standard InChI is InChI=1S/C14H12F3NO2/c1-2-20-13(19)7-11(14(15,16)17)10-8-18-12-6-4-3-5-9(10)12/h3-8,18H,2H2,1H3. The minimum absolute atomic E-state index is 0.0222. The van der Waals surface area contributed by atoms with Crippen LogP contribution in [0.5, 0.6) is 0 Å². The van der Waals surface area contributed by atoms with E-state index < -0.39 is 17.7 Å². The lowest BCUT2D eigenvalue weighted by atomic mass is 10.0. The van der Waals surface area contributed by atoms with Crippen molar-refractivity contribution in [2.24, 2.45) is 0 Å². The first-order chi connectivity index (χ1) is 9.43. The van der Waals surface area contributed by atoms with E-state index in [0.29, 0.717) is 17.0 Å². The molecule has 1 N–H and O–H groups in total. The zero-order chi connectivity index (χ0) is 14.8. The number of ether oxygens (including phenoxy) is 1. The van der Waals surface area contributed by atoms with Crippen molar-refractivity contribution in [3.05, 3.63) is 42.1 Å². The number of esters is 1. The Kier molecular flexibility index (Phi) is 3.83. The van der Waals surface area contributed by atoms with Crippen LogP contribution in [0.2, 0.25) is 0 Å². The van der Waals surface area contributed by atoms with Gasteiger partial charge in [-0.05, 0) is 13.0 Å². The van der Waals surface area contributed by atoms with Gasteiger partial charge in [0.1, 0.15) is 0 Å². The summed E-state index contributed by atoms with van der Waals surface area (Å²) < 4.78 is 43.9. The molecule has 0 aliphatic heterocycles. The third kappa shape index (κ3) is 2.84. The first kappa shape index (κ1) is 14.2. The van der Waals surface area contributed by atoms with Crippen molar-refractivity contribution in [1.82, 2.24) is 4.98 Å². The average molecular weight is 283 g/mol. The summed E-state index contributed by atoms with van der Waals surface area (Å²) in [4.78, 5) is 14.1. The van der Waals surface area contributed by atoms with E-state index in [4.69, 9.17) is 0 Å². The first-order valence-corrected chi connectivity index (χ1v) is 5.95. The highest BCUT2D eigenvalue weighted by Gasteiger charge is 2.36. The summed E-state index contributed by atoms with van der Waals surface area (Å²) in [6.07, 6.45) is -2.92. The molecule has 3 nitrogen and oxygen atoms in total. The lowest BCUT2D eigenvalue weighted by Crippen LogP contribution is -2.13. The van der Waals surface area contributed by atoms with Crippen molar-refractivity contribution in [3.8, 4) is 0 Å². The molecule has 20 heavy (non-hydrogen) atoms. The number of hydrogen-bond acceptors (Lipinski definition) is 2. The minimum Gasteiger partial charge on any atom is -0.463 e. The number of halogens is 3. The summed E-state index contributed by atoms with van der Waals surface area (Å²) in [6, 6.07) is 6.58. The summed E-state index contributed by atoms with van der Waals surface area (Å²) >= 11 is 0. The number of allylic oxidation sites excluding steroid dienone is 1. The molecule has 1 heterocycles. The topological polar surface area (TPSA) is 42.1 Å². The van der Waals surface area contributed by atoms with E-state index in [2.05, 4.69) is 9.72 Å². The molecule has 2 rings (SSSR count). The van der Waals surface area contributed by atoms with Gasteiger partial charge in [-0.25, -0.2) is 4.79 Å². The molecule has 0 radical (unpaired) electrons. The van der Waals surface area contributed by atoms with Gasteiger partial charge >= 0.3 is 12.1 Å². The molecule has 2 aromatic rings. The summed E-state index contributed by atoms with van der Waals surface area (Å²) in [5.41, 5.74) is -0.518. The van der Waals surface area contributed by atoms with Crippen LogP contribution in [0.1, 0.15) is 12.5 Å². The number of nitrogens with one attached hydrogen (secondary N) is 1. The van der Waals surface area contributed by atoms with Gasteiger partial charge in [-0.3, -0.25) is 0 Å². The van der Waals surface area contributed by atoms with Crippen molar-refractivity contribution in [3.63, 3.8) is 0 Å². The van der Waals surface area contributed by atoms with Crippen LogP contribution >= 0.6 is 0 Å². The molecule has 0 bridgehead atoms. The SMILES string of the molecule is CCOC(=O)C=C(c1c[nH]c2ccccc12)C(F)(F)F. The number of rotatable bonds is 3. The molecule has 0 spiro atoms. The van der Waals surface area contributed by atoms with Gasteiger partial charge in [-0.2, -0.15) is 13.2 Å². The van der Waals surface area contributed by atoms with E-state index in [9.17, 15) is 18.0 Å². The van der Waals surface area contributed by atoms with Gasteiger partial charge in [-0.1, -0.05) is 18.2 Å². The van der Waals surface area contributed by atoms with E-state index in [1.165, 1.54) is 13.1 Å². The second-order valence-corrected chi connectivity index (χ2v) is 4.06. The maximum absolute atomic E-state index is 13.1. The molecule has 0 aliphatic carbocycles. The van der Waals surface area contributed by atoms with Gasteiger partial charge < -0.3 is 9.72 Å². The molecule has 0 saturated carbocycles. The summed E-state index contributed by atoms with van der Waals surface area (Å²) in [7, 11) is 0. The fourth-order valence-corrected chi connectivity index (χ4v) is 1.91. The van der Waals surface area contributed by atoms with Crippen LogP contribution in [0.3, 0.4) is 0 Å². The minimum atomic E-state index is -4.64. The molecule has 0 atom stereocenters. The fourth-order valence-electron chi connectivity index (χ4n) is 1.91. The van der Waals surface area contributed by atoms with Crippen LogP contribution in [0, 0.1) is 0 Å². The molecule has 1 aromatic carbocycles. The highest BCUT2D eigenvalue weighted by Crippen LogP contribution is 2.37. The number of aromatic nitrogens is 1. The van der Waals surface area contributed by atoms with Crippen molar-refractivity contribution in [1.29, 1.82) is 0 Å². The first-order valence-electron chi connectivity index (χ1n) is 5.95. The van der Waals surface area contributed by atoms with E-state index >= 15 is 0 Å². The quantitative estimate of drug-likeness (QED) is 0.689. The summed E-state index contributed by atoms with van der Waals surface area (Å²) in [5, 5.41) is 0.403. The zero-order valence-corrected chi connectivity index (χ0v) is 10.6. The number of carbonyl (C=O) groups is 1. The molecule has 6 heteroatoms. The number of hydrogen-bond donors (Lipinski definition) is 1. The molecular formula is C14H12F3NO2. The van der Waals surface area contributed by atoms with Gasteiger partial charge in [0.05, 0.1) is 12.2 Å². The second kappa shape index (κ2) is 5.40. The second-order valence-electron chi connectivity index (χ2n) is 4.06. The normalized spacial score (nSPS) is 12.7. The number of benzene rings is 1. The Morgan fingerprint density at radius 3 is 2.70 bits per heavy atom. The number of aromatic amines is 1. The third-order valence-corrected chi connectivity index (χ3v) is 2.73. The van der Waals surface area contributed by atoms with Crippen molar-refractivity contribution in [2.45, 2.75) is 13.1 Å². The Morgan fingerprint density at radius 2 is 2.05 bits per heavy atom. The van der Waals surface area contributed by atoms with Crippen LogP contribution in [-0.2, 0) is 9.53 Å². The van der Waals surface area contributed by atoms with Crippen LogP contribution in [0.25, 0.3) is 16.5 Å². The Bertz CT molecular complexity index is 656.